The Hall–Kier alpha value is -1.75. The van der Waals surface area contributed by atoms with E-state index in [9.17, 15) is 4.79 Å². The van der Waals surface area contributed by atoms with Gasteiger partial charge in [-0.2, -0.15) is 0 Å². The summed E-state index contributed by atoms with van der Waals surface area (Å²) in [4.78, 5) is 12.7. The van der Waals surface area contributed by atoms with E-state index in [1.165, 1.54) is 0 Å². The molecule has 0 atom stereocenters. The van der Waals surface area contributed by atoms with Crippen LogP contribution >= 0.6 is 0 Å². The maximum Gasteiger partial charge on any atom is 0.305 e. The van der Waals surface area contributed by atoms with Crippen LogP contribution in [0.25, 0.3) is 0 Å². The van der Waals surface area contributed by atoms with Crippen LogP contribution in [-0.2, 0) is 11.3 Å². The maximum atomic E-state index is 10.7. The number of hydrogen-bond acceptors (Lipinski definition) is 4. The van der Waals surface area contributed by atoms with Gasteiger partial charge in [0.05, 0.1) is 19.2 Å². The molecule has 0 saturated heterocycles. The van der Waals surface area contributed by atoms with Crippen LogP contribution in [0.2, 0.25) is 0 Å². The Morgan fingerprint density at radius 1 is 1.47 bits per heavy atom. The van der Waals surface area contributed by atoms with Gasteiger partial charge in [0.1, 0.15) is 5.75 Å². The Balaban J connectivity index is 2.92. The van der Waals surface area contributed by atoms with Gasteiger partial charge in [-0.15, -0.1) is 0 Å². The molecule has 19 heavy (non-hydrogen) atoms. The number of carbonyl (C=O) groups is 1. The number of nitrogens with one attached hydrogen (secondary N) is 1. The number of rotatable bonds is 8. The lowest BCUT2D eigenvalue weighted by atomic mass is 10.1. The number of anilines is 1. The van der Waals surface area contributed by atoms with E-state index in [4.69, 9.17) is 9.84 Å². The van der Waals surface area contributed by atoms with Crippen molar-refractivity contribution in [2.24, 2.45) is 0 Å². The molecular weight excluding hydrogens is 244 g/mol. The molecule has 0 bridgehead atoms. The number of benzene rings is 1. The van der Waals surface area contributed by atoms with Crippen molar-refractivity contribution in [1.29, 1.82) is 0 Å². The minimum Gasteiger partial charge on any atom is -0.495 e. The smallest absolute Gasteiger partial charge is 0.305 e. The largest absolute Gasteiger partial charge is 0.495 e. The molecule has 1 aromatic rings. The quantitative estimate of drug-likeness (QED) is 0.750. The Morgan fingerprint density at radius 2 is 2.21 bits per heavy atom. The number of nitrogens with zero attached hydrogens (tertiary/aromatic N) is 1. The van der Waals surface area contributed by atoms with Gasteiger partial charge in [-0.05, 0) is 31.7 Å². The van der Waals surface area contributed by atoms with Crippen molar-refractivity contribution in [1.82, 2.24) is 5.32 Å². The summed E-state index contributed by atoms with van der Waals surface area (Å²) < 4.78 is 5.41. The first-order chi connectivity index (χ1) is 9.12. The molecule has 106 valence electrons. The Labute approximate surface area is 114 Å². The molecule has 0 fully saturated rings. The number of methoxy groups -OCH3 is 1. The van der Waals surface area contributed by atoms with Crippen LogP contribution in [0.1, 0.15) is 18.9 Å². The molecule has 5 heteroatoms. The third-order valence-electron chi connectivity index (χ3n) is 2.94. The Morgan fingerprint density at radius 3 is 2.74 bits per heavy atom. The second-order valence-electron chi connectivity index (χ2n) is 4.26. The molecular formula is C14H22N2O3. The molecule has 0 aliphatic heterocycles. The van der Waals surface area contributed by atoms with E-state index in [2.05, 4.69) is 5.32 Å². The molecule has 0 aromatic heterocycles. The first kappa shape index (κ1) is 15.3. The molecule has 2 N–H and O–H groups in total. The van der Waals surface area contributed by atoms with Crippen LogP contribution in [0.5, 0.6) is 5.75 Å². The van der Waals surface area contributed by atoms with Crippen molar-refractivity contribution in [2.75, 3.05) is 32.1 Å². The summed E-state index contributed by atoms with van der Waals surface area (Å²) in [6.07, 6.45) is 0.120. The summed E-state index contributed by atoms with van der Waals surface area (Å²) >= 11 is 0. The van der Waals surface area contributed by atoms with Gasteiger partial charge in [-0.25, -0.2) is 0 Å². The molecule has 0 heterocycles. The Kier molecular flexibility index (Phi) is 6.15. The first-order valence-electron chi connectivity index (χ1n) is 6.40. The summed E-state index contributed by atoms with van der Waals surface area (Å²) in [6, 6.07) is 5.99. The predicted octanol–water partition coefficient (Wildman–Crippen LogP) is 1.72. The van der Waals surface area contributed by atoms with Crippen molar-refractivity contribution in [2.45, 2.75) is 19.9 Å². The fraction of sp³-hybridized carbons (Fsp3) is 0.500. The molecule has 0 radical (unpaired) electrons. The summed E-state index contributed by atoms with van der Waals surface area (Å²) in [5, 5.41) is 11.9. The van der Waals surface area contributed by atoms with Crippen LogP contribution in [0, 0.1) is 0 Å². The van der Waals surface area contributed by atoms with E-state index < -0.39 is 5.97 Å². The van der Waals surface area contributed by atoms with Gasteiger partial charge in [-0.1, -0.05) is 6.07 Å². The molecule has 0 unspecified atom stereocenters. The minimum absolute atomic E-state index is 0.120. The lowest BCUT2D eigenvalue weighted by Crippen LogP contribution is -2.26. The minimum atomic E-state index is -0.788. The zero-order valence-electron chi connectivity index (χ0n) is 11.8. The highest BCUT2D eigenvalue weighted by molar-refractivity contribution is 5.68. The molecule has 5 nitrogen and oxygen atoms in total. The van der Waals surface area contributed by atoms with Crippen LogP contribution in [-0.4, -0.2) is 38.3 Å². The van der Waals surface area contributed by atoms with Crippen molar-refractivity contribution >= 4 is 11.7 Å². The second kappa shape index (κ2) is 7.63. The average molecular weight is 266 g/mol. The third kappa shape index (κ3) is 4.44. The predicted molar refractivity (Wildman–Crippen MR) is 75.9 cm³/mol. The van der Waals surface area contributed by atoms with Crippen LogP contribution < -0.4 is 15.0 Å². The van der Waals surface area contributed by atoms with Gasteiger partial charge in [-0.3, -0.25) is 4.79 Å². The summed E-state index contributed by atoms with van der Waals surface area (Å²) in [7, 11) is 3.53. The average Bonchev–Trinajstić information content (AvgIpc) is 2.40. The number of carboxylic acid groups (broad SMARTS) is 1. The standard InChI is InChI=1S/C14H22N2O3/c1-4-16(8-7-14(17)18)12-6-5-11(10-15-2)9-13(12)19-3/h5-6,9,15H,4,7-8,10H2,1-3H3,(H,17,18). The highest BCUT2D eigenvalue weighted by atomic mass is 16.5. The van der Waals surface area contributed by atoms with Gasteiger partial charge < -0.3 is 20.1 Å². The van der Waals surface area contributed by atoms with E-state index in [0.717, 1.165) is 30.1 Å². The zero-order chi connectivity index (χ0) is 14.3. The summed E-state index contributed by atoms with van der Waals surface area (Å²) in [5.74, 6) is -0.00999. The number of ether oxygens (including phenoxy) is 1. The van der Waals surface area contributed by atoms with Crippen molar-refractivity contribution in [3.63, 3.8) is 0 Å². The zero-order valence-corrected chi connectivity index (χ0v) is 11.8. The molecule has 0 aliphatic rings. The normalized spacial score (nSPS) is 10.3. The van der Waals surface area contributed by atoms with E-state index >= 15 is 0 Å². The molecule has 0 saturated carbocycles. The summed E-state index contributed by atoms with van der Waals surface area (Å²) in [6.45, 7) is 4.00. The Bertz CT molecular complexity index is 421. The molecule has 0 amide bonds. The van der Waals surface area contributed by atoms with E-state index in [0.29, 0.717) is 6.54 Å². The highest BCUT2D eigenvalue weighted by Crippen LogP contribution is 2.29. The van der Waals surface area contributed by atoms with Gasteiger partial charge in [0.25, 0.3) is 0 Å². The topological polar surface area (TPSA) is 61.8 Å². The summed E-state index contributed by atoms with van der Waals surface area (Å²) in [5.41, 5.74) is 2.07. The van der Waals surface area contributed by atoms with Crippen molar-refractivity contribution in [3.05, 3.63) is 23.8 Å². The van der Waals surface area contributed by atoms with Crippen LogP contribution in [0.4, 0.5) is 5.69 Å². The molecule has 1 aromatic carbocycles. The van der Waals surface area contributed by atoms with Gasteiger partial charge in [0.15, 0.2) is 0 Å². The fourth-order valence-corrected chi connectivity index (χ4v) is 1.98. The first-order valence-corrected chi connectivity index (χ1v) is 6.40. The van der Waals surface area contributed by atoms with Gasteiger partial charge in [0, 0.05) is 19.6 Å². The molecule has 0 aliphatic carbocycles. The number of hydrogen-bond donors (Lipinski definition) is 2. The number of carboxylic acids is 1. The van der Waals surface area contributed by atoms with Crippen LogP contribution in [0.15, 0.2) is 18.2 Å². The fourth-order valence-electron chi connectivity index (χ4n) is 1.98. The van der Waals surface area contributed by atoms with E-state index in [1.54, 1.807) is 7.11 Å². The monoisotopic (exact) mass is 266 g/mol. The lowest BCUT2D eigenvalue weighted by Gasteiger charge is -2.24. The molecule has 1 rings (SSSR count). The number of aliphatic carboxylic acids is 1. The lowest BCUT2D eigenvalue weighted by molar-refractivity contribution is -0.136. The van der Waals surface area contributed by atoms with E-state index in [1.807, 2.05) is 37.1 Å². The van der Waals surface area contributed by atoms with Crippen LogP contribution in [0.3, 0.4) is 0 Å². The second-order valence-corrected chi connectivity index (χ2v) is 4.26. The van der Waals surface area contributed by atoms with Crippen molar-refractivity contribution in [3.8, 4) is 5.75 Å². The van der Waals surface area contributed by atoms with E-state index in [-0.39, 0.29) is 6.42 Å². The van der Waals surface area contributed by atoms with Gasteiger partial charge in [0.2, 0.25) is 0 Å². The maximum absolute atomic E-state index is 10.7. The molecule has 0 spiro atoms. The third-order valence-corrected chi connectivity index (χ3v) is 2.94. The van der Waals surface area contributed by atoms with Crippen molar-refractivity contribution < 1.29 is 14.6 Å². The van der Waals surface area contributed by atoms with Gasteiger partial charge >= 0.3 is 5.97 Å². The highest BCUT2D eigenvalue weighted by Gasteiger charge is 2.12. The SMILES string of the molecule is CCN(CCC(=O)O)c1ccc(CNC)cc1OC.